The molecule has 4 saturated carbocycles. The lowest BCUT2D eigenvalue weighted by molar-refractivity contribution is -0.138. The van der Waals surface area contributed by atoms with Gasteiger partial charge in [-0.1, -0.05) is 22.9 Å². The van der Waals surface area contributed by atoms with Crippen molar-refractivity contribution in [2.24, 2.45) is 29.6 Å². The number of halogens is 1. The summed E-state index contributed by atoms with van der Waals surface area (Å²) >= 11 is 3.63. The molecule has 2 nitrogen and oxygen atoms in total. The number of carbonyl (C=O) groups is 1. The summed E-state index contributed by atoms with van der Waals surface area (Å²) < 4.78 is 0. The first-order valence-corrected chi connectivity index (χ1v) is 9.00. The van der Waals surface area contributed by atoms with Crippen molar-refractivity contribution in [2.75, 3.05) is 6.54 Å². The molecule has 0 spiro atoms. The van der Waals surface area contributed by atoms with Crippen molar-refractivity contribution in [2.45, 2.75) is 56.7 Å². The van der Waals surface area contributed by atoms with Gasteiger partial charge in [0.2, 0.25) is 5.91 Å². The van der Waals surface area contributed by atoms with Crippen LogP contribution in [-0.4, -0.2) is 17.3 Å². The normalized spacial score (nSPS) is 41.3. The lowest BCUT2D eigenvalue weighted by Gasteiger charge is -2.53. The SMILES string of the molecule is CCC(Br)CCNC(=O)C1C2CC3CC(C2)CC1C3. The van der Waals surface area contributed by atoms with E-state index in [9.17, 15) is 4.79 Å². The zero-order chi connectivity index (χ0) is 13.4. The van der Waals surface area contributed by atoms with Crippen LogP contribution in [0.25, 0.3) is 0 Å². The summed E-state index contributed by atoms with van der Waals surface area (Å²) in [6, 6.07) is 0. The molecule has 0 aromatic heterocycles. The third kappa shape index (κ3) is 2.86. The fraction of sp³-hybridized carbons (Fsp3) is 0.938. The van der Waals surface area contributed by atoms with Crippen molar-refractivity contribution in [1.29, 1.82) is 0 Å². The molecule has 4 fully saturated rings. The maximum absolute atomic E-state index is 12.5. The van der Waals surface area contributed by atoms with Crippen molar-refractivity contribution >= 4 is 21.8 Å². The molecule has 4 bridgehead atoms. The molecule has 4 aliphatic carbocycles. The lowest BCUT2D eigenvalue weighted by atomic mass is 9.51. The molecule has 1 N–H and O–H groups in total. The molecule has 0 aromatic carbocycles. The minimum Gasteiger partial charge on any atom is -0.356 e. The Hall–Kier alpha value is -0.0500. The number of amides is 1. The van der Waals surface area contributed by atoms with Gasteiger partial charge in [0.05, 0.1) is 0 Å². The Balaban J connectivity index is 1.53. The van der Waals surface area contributed by atoms with Crippen LogP contribution >= 0.6 is 15.9 Å². The van der Waals surface area contributed by atoms with Crippen LogP contribution in [0.15, 0.2) is 0 Å². The molecular weight excluding hydrogens is 302 g/mol. The zero-order valence-corrected chi connectivity index (χ0v) is 13.5. The van der Waals surface area contributed by atoms with Gasteiger partial charge in [0.15, 0.2) is 0 Å². The third-order valence-corrected chi connectivity index (χ3v) is 6.83. The lowest BCUT2D eigenvalue weighted by Crippen LogP contribution is -2.51. The molecule has 4 aliphatic rings. The largest absolute Gasteiger partial charge is 0.356 e. The zero-order valence-electron chi connectivity index (χ0n) is 11.9. The molecule has 3 heteroatoms. The van der Waals surface area contributed by atoms with Crippen LogP contribution < -0.4 is 5.32 Å². The van der Waals surface area contributed by atoms with Crippen molar-refractivity contribution in [1.82, 2.24) is 5.32 Å². The first-order valence-electron chi connectivity index (χ1n) is 8.09. The first kappa shape index (κ1) is 13.9. The van der Waals surface area contributed by atoms with E-state index in [1.165, 1.54) is 32.1 Å². The van der Waals surface area contributed by atoms with E-state index >= 15 is 0 Å². The summed E-state index contributed by atoms with van der Waals surface area (Å²) in [4.78, 5) is 13.0. The molecule has 0 heterocycles. The number of rotatable bonds is 5. The summed E-state index contributed by atoms with van der Waals surface area (Å²) in [7, 11) is 0. The molecule has 4 rings (SSSR count). The maximum atomic E-state index is 12.5. The number of carbonyl (C=O) groups excluding carboxylic acids is 1. The topological polar surface area (TPSA) is 29.1 Å². The van der Waals surface area contributed by atoms with E-state index in [1.54, 1.807) is 0 Å². The van der Waals surface area contributed by atoms with Gasteiger partial charge >= 0.3 is 0 Å². The molecule has 1 atom stereocenters. The predicted molar refractivity (Wildman–Crippen MR) is 81.2 cm³/mol. The van der Waals surface area contributed by atoms with E-state index in [1.807, 2.05) is 0 Å². The fourth-order valence-electron chi connectivity index (χ4n) is 5.03. The highest BCUT2D eigenvalue weighted by Gasteiger charge is 2.50. The van der Waals surface area contributed by atoms with E-state index in [-0.39, 0.29) is 0 Å². The number of hydrogen-bond donors (Lipinski definition) is 1. The van der Waals surface area contributed by atoms with Crippen LogP contribution in [-0.2, 0) is 4.79 Å². The highest BCUT2D eigenvalue weighted by Crippen LogP contribution is 2.56. The Bertz CT molecular complexity index is 316. The average Bonchev–Trinajstić information content (AvgIpc) is 2.37. The van der Waals surface area contributed by atoms with E-state index in [0.717, 1.165) is 31.2 Å². The molecule has 108 valence electrons. The van der Waals surface area contributed by atoms with E-state index in [0.29, 0.717) is 28.5 Å². The summed E-state index contributed by atoms with van der Waals surface area (Å²) in [6.07, 6.45) is 8.98. The van der Waals surface area contributed by atoms with Gasteiger partial charge in [0.25, 0.3) is 0 Å². The van der Waals surface area contributed by atoms with Gasteiger partial charge in [-0.25, -0.2) is 0 Å². The Kier molecular flexibility index (Phi) is 4.21. The highest BCUT2D eigenvalue weighted by molar-refractivity contribution is 9.09. The van der Waals surface area contributed by atoms with E-state index in [4.69, 9.17) is 0 Å². The smallest absolute Gasteiger partial charge is 0.223 e. The molecule has 19 heavy (non-hydrogen) atoms. The van der Waals surface area contributed by atoms with Crippen molar-refractivity contribution in [3.63, 3.8) is 0 Å². The fourth-order valence-corrected chi connectivity index (χ4v) is 5.26. The monoisotopic (exact) mass is 327 g/mol. The minimum absolute atomic E-state index is 0.350. The summed E-state index contributed by atoms with van der Waals surface area (Å²) in [5, 5.41) is 3.21. The van der Waals surface area contributed by atoms with Crippen molar-refractivity contribution < 1.29 is 4.79 Å². The summed E-state index contributed by atoms with van der Waals surface area (Å²) in [5.74, 6) is 4.05. The van der Waals surface area contributed by atoms with Crippen molar-refractivity contribution in [3.05, 3.63) is 0 Å². The summed E-state index contributed by atoms with van der Waals surface area (Å²) in [6.45, 7) is 3.02. The predicted octanol–water partition coefficient (Wildman–Crippen LogP) is 3.74. The van der Waals surface area contributed by atoms with Crippen LogP contribution in [0.5, 0.6) is 0 Å². The van der Waals surface area contributed by atoms with Crippen molar-refractivity contribution in [3.8, 4) is 0 Å². The summed E-state index contributed by atoms with van der Waals surface area (Å²) in [5.41, 5.74) is 0. The number of alkyl halides is 1. The second kappa shape index (κ2) is 5.75. The van der Waals surface area contributed by atoms with Gasteiger partial charge in [0.1, 0.15) is 0 Å². The number of nitrogens with one attached hydrogen (secondary N) is 1. The number of hydrogen-bond acceptors (Lipinski definition) is 1. The molecule has 1 amide bonds. The van der Waals surface area contributed by atoms with Crippen LogP contribution in [0.4, 0.5) is 0 Å². The van der Waals surface area contributed by atoms with Crippen LogP contribution in [0, 0.1) is 29.6 Å². The van der Waals surface area contributed by atoms with Gasteiger partial charge in [-0.05, 0) is 68.6 Å². The molecule has 0 saturated heterocycles. The van der Waals surface area contributed by atoms with Gasteiger partial charge in [-0.2, -0.15) is 0 Å². The van der Waals surface area contributed by atoms with Crippen LogP contribution in [0.2, 0.25) is 0 Å². The third-order valence-electron chi connectivity index (χ3n) is 5.73. The molecule has 0 radical (unpaired) electrons. The van der Waals surface area contributed by atoms with Gasteiger partial charge in [-0.15, -0.1) is 0 Å². The minimum atomic E-state index is 0.350. The molecule has 0 aromatic rings. The second-order valence-corrected chi connectivity index (χ2v) is 8.34. The van der Waals surface area contributed by atoms with Gasteiger partial charge in [0, 0.05) is 17.3 Å². The second-order valence-electron chi connectivity index (χ2n) is 7.04. The Morgan fingerprint density at radius 1 is 1.16 bits per heavy atom. The quantitative estimate of drug-likeness (QED) is 0.766. The molecule has 0 aliphatic heterocycles. The van der Waals surface area contributed by atoms with Crippen LogP contribution in [0.3, 0.4) is 0 Å². The average molecular weight is 328 g/mol. The molecule has 1 unspecified atom stereocenters. The Morgan fingerprint density at radius 2 is 1.74 bits per heavy atom. The van der Waals surface area contributed by atoms with E-state index in [2.05, 4.69) is 28.2 Å². The van der Waals surface area contributed by atoms with E-state index < -0.39 is 0 Å². The Labute approximate surface area is 125 Å². The Morgan fingerprint density at radius 3 is 2.26 bits per heavy atom. The highest BCUT2D eigenvalue weighted by atomic mass is 79.9. The standard InChI is InChI=1S/C16H26BrNO/c1-2-14(17)3-4-18-16(19)15-12-6-10-5-11(8-12)9-13(15)7-10/h10-15H,2-9H2,1H3,(H,18,19). The van der Waals surface area contributed by atoms with Crippen LogP contribution in [0.1, 0.15) is 51.9 Å². The van der Waals surface area contributed by atoms with Gasteiger partial charge in [-0.3, -0.25) is 4.79 Å². The first-order chi connectivity index (χ1) is 9.17. The molecular formula is C16H26BrNO. The maximum Gasteiger partial charge on any atom is 0.223 e. The van der Waals surface area contributed by atoms with Gasteiger partial charge < -0.3 is 5.32 Å².